The van der Waals surface area contributed by atoms with Gasteiger partial charge in [-0.2, -0.15) is 0 Å². The molecule has 0 radical (unpaired) electrons. The van der Waals surface area contributed by atoms with Crippen LogP contribution in [0.2, 0.25) is 0 Å². The van der Waals surface area contributed by atoms with Crippen molar-refractivity contribution < 1.29 is 9.21 Å². The van der Waals surface area contributed by atoms with Crippen molar-refractivity contribution in [1.29, 1.82) is 0 Å². The fourth-order valence-electron chi connectivity index (χ4n) is 7.13. The summed E-state index contributed by atoms with van der Waals surface area (Å²) >= 11 is 1.41. The summed E-state index contributed by atoms with van der Waals surface area (Å²) in [5, 5.41) is 12.4. The molecule has 1 aromatic rings. The number of nitrogens with zero attached hydrogens (tertiary/aromatic N) is 2. The topological polar surface area (TPSA) is 68.0 Å². The molecule has 1 aromatic heterocycles. The van der Waals surface area contributed by atoms with E-state index in [2.05, 4.69) is 29.4 Å². The maximum Gasteiger partial charge on any atom is 0.277 e. The number of nitrogens with one attached hydrogen (secondary N) is 1. The Balaban J connectivity index is 1.22. The van der Waals surface area contributed by atoms with E-state index in [-0.39, 0.29) is 16.6 Å². The van der Waals surface area contributed by atoms with Gasteiger partial charge in [-0.1, -0.05) is 38.5 Å². The summed E-state index contributed by atoms with van der Waals surface area (Å²) in [6.07, 6.45) is 11.4. The molecular weight excluding hydrogens is 382 g/mol. The van der Waals surface area contributed by atoms with Crippen LogP contribution in [0.4, 0.5) is 0 Å². The summed E-state index contributed by atoms with van der Waals surface area (Å²) in [4.78, 5) is 12.8. The zero-order valence-corrected chi connectivity index (χ0v) is 18.8. The summed E-state index contributed by atoms with van der Waals surface area (Å²) in [7, 11) is 0. The highest BCUT2D eigenvalue weighted by Crippen LogP contribution is 2.60. The minimum absolute atomic E-state index is 0.0931. The maximum atomic E-state index is 12.8. The minimum atomic E-state index is -0.218. The molecular formula is C23H35N3O2S. The molecule has 5 aliphatic carbocycles. The smallest absolute Gasteiger partial charge is 0.277 e. The number of hydrogen-bond acceptors (Lipinski definition) is 5. The van der Waals surface area contributed by atoms with Crippen LogP contribution in [0.1, 0.15) is 84.4 Å². The average molecular weight is 418 g/mol. The van der Waals surface area contributed by atoms with Gasteiger partial charge in [0.25, 0.3) is 5.22 Å². The van der Waals surface area contributed by atoms with E-state index < -0.39 is 0 Å². The van der Waals surface area contributed by atoms with E-state index in [1.807, 2.05) is 6.92 Å². The molecule has 4 bridgehead atoms. The molecule has 160 valence electrons. The SMILES string of the molecule is C[C@@H]1[C@@H](C)CCC[C@H]1NC(=O)[C@@H](C)Sc1nnc(C23CC4CC(CC(C4)C2)C3)o1. The van der Waals surface area contributed by atoms with Gasteiger partial charge in [-0.25, -0.2) is 0 Å². The molecule has 1 heterocycles. The van der Waals surface area contributed by atoms with E-state index in [1.165, 1.54) is 63.1 Å². The molecule has 5 nitrogen and oxygen atoms in total. The van der Waals surface area contributed by atoms with Crippen LogP contribution < -0.4 is 5.32 Å². The fraction of sp³-hybridized carbons (Fsp3) is 0.870. The zero-order chi connectivity index (χ0) is 20.2. The molecule has 0 saturated heterocycles. The Morgan fingerprint density at radius 3 is 2.41 bits per heavy atom. The molecule has 5 saturated carbocycles. The Morgan fingerprint density at radius 1 is 1.10 bits per heavy atom. The van der Waals surface area contributed by atoms with Gasteiger partial charge in [-0.15, -0.1) is 10.2 Å². The highest BCUT2D eigenvalue weighted by atomic mass is 32.2. The Bertz CT molecular complexity index is 728. The summed E-state index contributed by atoms with van der Waals surface area (Å²) < 4.78 is 6.18. The molecule has 0 aliphatic heterocycles. The number of amides is 1. The van der Waals surface area contributed by atoms with E-state index in [0.29, 0.717) is 23.1 Å². The Kier molecular flexibility index (Phi) is 5.20. The Hall–Kier alpha value is -1.04. The number of carbonyl (C=O) groups excluding carboxylic acids is 1. The maximum absolute atomic E-state index is 12.8. The van der Waals surface area contributed by atoms with Crippen LogP contribution in [0, 0.1) is 29.6 Å². The van der Waals surface area contributed by atoms with Crippen LogP contribution in [-0.4, -0.2) is 27.4 Å². The summed E-state index contributed by atoms with van der Waals surface area (Å²) in [5.41, 5.74) is 0.125. The highest BCUT2D eigenvalue weighted by Gasteiger charge is 2.54. The van der Waals surface area contributed by atoms with E-state index in [4.69, 9.17) is 4.42 Å². The monoisotopic (exact) mass is 417 g/mol. The molecule has 5 fully saturated rings. The molecule has 0 aromatic carbocycles. The van der Waals surface area contributed by atoms with Crippen molar-refractivity contribution in [3.8, 4) is 0 Å². The number of carbonyl (C=O) groups is 1. The molecule has 6 rings (SSSR count). The predicted molar refractivity (Wildman–Crippen MR) is 114 cm³/mol. The third-order valence-electron chi connectivity index (χ3n) is 8.58. The minimum Gasteiger partial charge on any atom is -0.415 e. The first-order valence-corrected chi connectivity index (χ1v) is 12.6. The first kappa shape index (κ1) is 19.9. The molecule has 6 heteroatoms. The fourth-order valence-corrected chi connectivity index (χ4v) is 7.83. The summed E-state index contributed by atoms with van der Waals surface area (Å²) in [5.74, 6) is 4.72. The Labute approximate surface area is 178 Å². The molecule has 1 N–H and O–H groups in total. The van der Waals surface area contributed by atoms with Gasteiger partial charge in [0, 0.05) is 11.5 Å². The molecule has 0 spiro atoms. The number of hydrogen-bond donors (Lipinski definition) is 1. The lowest BCUT2D eigenvalue weighted by molar-refractivity contribution is -0.121. The van der Waals surface area contributed by atoms with Crippen LogP contribution in [0.5, 0.6) is 0 Å². The second-order valence-corrected chi connectivity index (χ2v) is 12.0. The standard InChI is InChI=1S/C23H35N3O2S/c1-13-5-4-6-19(14(13)2)24-20(27)15(3)29-22-26-25-21(28-22)23-10-16-7-17(11-23)9-18(8-16)12-23/h13-19H,4-12H2,1-3H3,(H,24,27)/t13-,14+,15+,16?,17?,18?,19+,23?/m0/s1. The van der Waals surface area contributed by atoms with Gasteiger partial charge in [0.1, 0.15) is 0 Å². The van der Waals surface area contributed by atoms with Gasteiger partial charge < -0.3 is 9.73 Å². The van der Waals surface area contributed by atoms with Gasteiger partial charge in [0.05, 0.1) is 5.25 Å². The molecule has 4 atom stereocenters. The molecule has 5 aliphatic rings. The quantitative estimate of drug-likeness (QED) is 0.686. The first-order valence-electron chi connectivity index (χ1n) is 11.7. The summed E-state index contributed by atoms with van der Waals surface area (Å²) in [6.45, 7) is 6.51. The molecule has 29 heavy (non-hydrogen) atoms. The second-order valence-electron chi connectivity index (χ2n) is 10.7. The van der Waals surface area contributed by atoms with Crippen LogP contribution in [0.25, 0.3) is 0 Å². The van der Waals surface area contributed by atoms with Gasteiger partial charge in [-0.3, -0.25) is 4.79 Å². The third kappa shape index (κ3) is 3.75. The number of rotatable bonds is 5. The predicted octanol–water partition coefficient (Wildman–Crippen LogP) is 4.96. The van der Waals surface area contributed by atoms with Gasteiger partial charge in [0.15, 0.2) is 0 Å². The highest BCUT2D eigenvalue weighted by molar-refractivity contribution is 8.00. The average Bonchev–Trinajstić information content (AvgIpc) is 3.14. The van der Waals surface area contributed by atoms with Crippen LogP contribution >= 0.6 is 11.8 Å². The van der Waals surface area contributed by atoms with E-state index in [0.717, 1.165) is 30.1 Å². The lowest BCUT2D eigenvalue weighted by Crippen LogP contribution is -2.48. The van der Waals surface area contributed by atoms with Crippen LogP contribution in [0.15, 0.2) is 9.64 Å². The van der Waals surface area contributed by atoms with Crippen molar-refractivity contribution in [2.45, 2.75) is 100 Å². The van der Waals surface area contributed by atoms with Crippen molar-refractivity contribution in [3.63, 3.8) is 0 Å². The zero-order valence-electron chi connectivity index (χ0n) is 18.0. The second kappa shape index (κ2) is 7.58. The van der Waals surface area contributed by atoms with Gasteiger partial charge in [-0.05, 0) is 81.5 Å². The van der Waals surface area contributed by atoms with Crippen molar-refractivity contribution in [2.75, 3.05) is 0 Å². The number of aromatic nitrogens is 2. The number of thioether (sulfide) groups is 1. The first-order chi connectivity index (χ1) is 13.9. The molecule has 1 amide bonds. The van der Waals surface area contributed by atoms with E-state index in [9.17, 15) is 4.79 Å². The van der Waals surface area contributed by atoms with Crippen molar-refractivity contribution >= 4 is 17.7 Å². The van der Waals surface area contributed by atoms with Gasteiger partial charge in [0.2, 0.25) is 11.8 Å². The third-order valence-corrected chi connectivity index (χ3v) is 9.51. The van der Waals surface area contributed by atoms with Crippen LogP contribution in [-0.2, 0) is 10.2 Å². The lowest BCUT2D eigenvalue weighted by Gasteiger charge is -2.55. The van der Waals surface area contributed by atoms with Crippen molar-refractivity contribution in [1.82, 2.24) is 15.5 Å². The summed E-state index contributed by atoms with van der Waals surface area (Å²) in [6, 6.07) is 0.291. The van der Waals surface area contributed by atoms with Crippen LogP contribution in [0.3, 0.4) is 0 Å². The van der Waals surface area contributed by atoms with Crippen molar-refractivity contribution in [3.05, 3.63) is 5.89 Å². The Morgan fingerprint density at radius 2 is 1.76 bits per heavy atom. The normalized spacial score (nSPS) is 42.0. The van der Waals surface area contributed by atoms with Crippen molar-refractivity contribution in [2.24, 2.45) is 29.6 Å². The molecule has 0 unspecified atom stereocenters. The largest absolute Gasteiger partial charge is 0.415 e. The lowest BCUT2D eigenvalue weighted by atomic mass is 9.49. The van der Waals surface area contributed by atoms with E-state index >= 15 is 0 Å². The van der Waals surface area contributed by atoms with Gasteiger partial charge >= 0.3 is 0 Å². The van der Waals surface area contributed by atoms with E-state index in [1.54, 1.807) is 0 Å².